The van der Waals surface area contributed by atoms with Crippen LogP contribution in [0.2, 0.25) is 0 Å². The Labute approximate surface area is 128 Å². The van der Waals surface area contributed by atoms with Crippen molar-refractivity contribution in [2.75, 3.05) is 12.3 Å². The number of nitrogens with two attached hydrogens (primary N) is 1. The van der Waals surface area contributed by atoms with E-state index in [9.17, 15) is 4.79 Å². The molecule has 0 spiro atoms. The molecule has 0 saturated heterocycles. The Morgan fingerprint density at radius 1 is 1.38 bits per heavy atom. The first-order valence-corrected chi connectivity index (χ1v) is 8.07. The molecule has 2 N–H and O–H groups in total. The molecular weight excluding hydrogens is 260 g/mol. The Balaban J connectivity index is 2.11. The summed E-state index contributed by atoms with van der Waals surface area (Å²) in [5, 5.41) is 0. The molecule has 0 radical (unpaired) electrons. The van der Waals surface area contributed by atoms with Crippen LogP contribution in [0.25, 0.3) is 0 Å². The molecule has 1 atom stereocenters. The summed E-state index contributed by atoms with van der Waals surface area (Å²) in [6.07, 6.45) is 4.60. The zero-order valence-corrected chi connectivity index (χ0v) is 13.6. The van der Waals surface area contributed by atoms with Gasteiger partial charge in [0.2, 0.25) is 5.91 Å². The van der Waals surface area contributed by atoms with Crippen LogP contribution >= 0.6 is 0 Å². The van der Waals surface area contributed by atoms with Gasteiger partial charge in [0.15, 0.2) is 0 Å². The number of nitrogen functional groups attached to an aromatic ring is 1. The maximum absolute atomic E-state index is 12.9. The topological polar surface area (TPSA) is 46.3 Å². The van der Waals surface area contributed by atoms with Gasteiger partial charge in [-0.1, -0.05) is 38.8 Å². The third-order valence-electron chi connectivity index (χ3n) is 4.82. The minimum atomic E-state index is 0.123. The molecule has 3 heteroatoms. The summed E-state index contributed by atoms with van der Waals surface area (Å²) in [7, 11) is 0. The first-order chi connectivity index (χ1) is 9.94. The molecule has 1 aromatic carbocycles. The first kappa shape index (κ1) is 15.9. The van der Waals surface area contributed by atoms with Crippen LogP contribution in [0.3, 0.4) is 0 Å². The quantitative estimate of drug-likeness (QED) is 0.856. The summed E-state index contributed by atoms with van der Waals surface area (Å²) in [5.41, 5.74) is 7.83. The summed E-state index contributed by atoms with van der Waals surface area (Å²) in [6.45, 7) is 7.94. The largest absolute Gasteiger partial charge is 0.399 e. The van der Waals surface area contributed by atoms with E-state index in [1.807, 2.05) is 29.2 Å². The molecule has 1 unspecified atom stereocenters. The third kappa shape index (κ3) is 3.78. The van der Waals surface area contributed by atoms with Gasteiger partial charge in [-0.25, -0.2) is 0 Å². The number of hydrogen-bond donors (Lipinski definition) is 1. The van der Waals surface area contributed by atoms with Crippen molar-refractivity contribution >= 4 is 11.6 Å². The van der Waals surface area contributed by atoms with E-state index in [2.05, 4.69) is 20.8 Å². The SMILES string of the molecule is CCN(Cc1cccc(N)c1)C(=O)C1CCCCC1(C)C. The number of rotatable bonds is 4. The lowest BCUT2D eigenvalue weighted by Gasteiger charge is -2.40. The molecule has 2 rings (SSSR count). The van der Waals surface area contributed by atoms with Crippen molar-refractivity contribution in [2.24, 2.45) is 11.3 Å². The molecule has 1 saturated carbocycles. The lowest BCUT2D eigenvalue weighted by Crippen LogP contribution is -2.43. The highest BCUT2D eigenvalue weighted by Crippen LogP contribution is 2.41. The van der Waals surface area contributed by atoms with Gasteiger partial charge >= 0.3 is 0 Å². The number of amides is 1. The van der Waals surface area contributed by atoms with E-state index in [1.165, 1.54) is 12.8 Å². The van der Waals surface area contributed by atoms with Crippen molar-refractivity contribution in [3.05, 3.63) is 29.8 Å². The molecule has 116 valence electrons. The zero-order valence-electron chi connectivity index (χ0n) is 13.6. The van der Waals surface area contributed by atoms with Gasteiger partial charge in [-0.3, -0.25) is 4.79 Å². The van der Waals surface area contributed by atoms with Crippen LogP contribution in [-0.4, -0.2) is 17.4 Å². The maximum atomic E-state index is 12.9. The fourth-order valence-corrected chi connectivity index (χ4v) is 3.43. The monoisotopic (exact) mass is 288 g/mol. The molecule has 1 fully saturated rings. The summed E-state index contributed by atoms with van der Waals surface area (Å²) < 4.78 is 0. The Bertz CT molecular complexity index is 496. The van der Waals surface area contributed by atoms with Crippen molar-refractivity contribution in [3.63, 3.8) is 0 Å². The minimum absolute atomic E-state index is 0.123. The van der Waals surface area contributed by atoms with E-state index in [0.717, 1.165) is 30.6 Å². The van der Waals surface area contributed by atoms with E-state index in [-0.39, 0.29) is 11.3 Å². The molecule has 0 heterocycles. The molecule has 0 aromatic heterocycles. The van der Waals surface area contributed by atoms with E-state index in [0.29, 0.717) is 12.5 Å². The predicted octanol–water partition coefficient (Wildman–Crippen LogP) is 3.83. The van der Waals surface area contributed by atoms with Crippen LogP contribution in [0, 0.1) is 11.3 Å². The van der Waals surface area contributed by atoms with Gasteiger partial charge in [-0.15, -0.1) is 0 Å². The number of hydrogen-bond acceptors (Lipinski definition) is 2. The maximum Gasteiger partial charge on any atom is 0.226 e. The van der Waals surface area contributed by atoms with Gasteiger partial charge < -0.3 is 10.6 Å². The summed E-state index contributed by atoms with van der Waals surface area (Å²) >= 11 is 0. The highest BCUT2D eigenvalue weighted by molar-refractivity contribution is 5.79. The predicted molar refractivity (Wildman–Crippen MR) is 87.7 cm³/mol. The number of anilines is 1. The Morgan fingerprint density at radius 2 is 2.14 bits per heavy atom. The number of benzene rings is 1. The fourth-order valence-electron chi connectivity index (χ4n) is 3.43. The first-order valence-electron chi connectivity index (χ1n) is 8.07. The van der Waals surface area contributed by atoms with E-state index < -0.39 is 0 Å². The van der Waals surface area contributed by atoms with Gasteiger partial charge in [0.05, 0.1) is 0 Å². The van der Waals surface area contributed by atoms with E-state index in [1.54, 1.807) is 0 Å². The fraction of sp³-hybridized carbons (Fsp3) is 0.611. The Kier molecular flexibility index (Phi) is 4.92. The average molecular weight is 288 g/mol. The molecule has 21 heavy (non-hydrogen) atoms. The highest BCUT2D eigenvalue weighted by Gasteiger charge is 2.38. The molecule has 0 aliphatic heterocycles. The molecule has 1 amide bonds. The molecule has 1 aliphatic carbocycles. The van der Waals surface area contributed by atoms with Crippen LogP contribution in [0.4, 0.5) is 5.69 Å². The molecule has 0 bridgehead atoms. The van der Waals surface area contributed by atoms with Crippen LogP contribution < -0.4 is 5.73 Å². The van der Waals surface area contributed by atoms with Crippen molar-refractivity contribution in [1.29, 1.82) is 0 Å². The molecule has 3 nitrogen and oxygen atoms in total. The molecule has 1 aromatic rings. The summed E-state index contributed by atoms with van der Waals surface area (Å²) in [5.74, 6) is 0.469. The van der Waals surface area contributed by atoms with E-state index in [4.69, 9.17) is 5.73 Å². The normalized spacial score (nSPS) is 21.0. The third-order valence-corrected chi connectivity index (χ3v) is 4.82. The molecular formula is C18H28N2O. The summed E-state index contributed by atoms with van der Waals surface area (Å²) in [6, 6.07) is 7.83. The average Bonchev–Trinajstić information content (AvgIpc) is 2.43. The second-order valence-corrected chi connectivity index (χ2v) is 6.88. The van der Waals surface area contributed by atoms with Gasteiger partial charge in [0.1, 0.15) is 0 Å². The highest BCUT2D eigenvalue weighted by atomic mass is 16.2. The van der Waals surface area contributed by atoms with Crippen LogP contribution in [0.5, 0.6) is 0 Å². The van der Waals surface area contributed by atoms with Crippen molar-refractivity contribution in [2.45, 2.75) is 53.0 Å². The second kappa shape index (κ2) is 6.50. The number of nitrogens with zero attached hydrogens (tertiary/aromatic N) is 1. The zero-order chi connectivity index (χ0) is 15.5. The van der Waals surface area contributed by atoms with Crippen LogP contribution in [0.1, 0.15) is 52.0 Å². The van der Waals surface area contributed by atoms with Gasteiger partial charge in [0, 0.05) is 24.7 Å². The van der Waals surface area contributed by atoms with Gasteiger partial charge in [-0.05, 0) is 42.9 Å². The van der Waals surface area contributed by atoms with Crippen molar-refractivity contribution in [1.82, 2.24) is 4.90 Å². The van der Waals surface area contributed by atoms with Crippen LogP contribution in [0.15, 0.2) is 24.3 Å². The minimum Gasteiger partial charge on any atom is -0.399 e. The standard InChI is InChI=1S/C18H28N2O/c1-4-20(13-14-8-7-9-15(19)12-14)17(21)16-10-5-6-11-18(16,2)3/h7-9,12,16H,4-6,10-11,13,19H2,1-3H3. The Morgan fingerprint density at radius 3 is 2.76 bits per heavy atom. The number of carbonyl (C=O) groups excluding carboxylic acids is 1. The van der Waals surface area contributed by atoms with Crippen molar-refractivity contribution in [3.8, 4) is 0 Å². The molecule has 1 aliphatic rings. The number of carbonyl (C=O) groups is 1. The van der Waals surface area contributed by atoms with Crippen LogP contribution in [-0.2, 0) is 11.3 Å². The van der Waals surface area contributed by atoms with E-state index >= 15 is 0 Å². The van der Waals surface area contributed by atoms with Gasteiger partial charge in [0.25, 0.3) is 0 Å². The van der Waals surface area contributed by atoms with Gasteiger partial charge in [-0.2, -0.15) is 0 Å². The lowest BCUT2D eigenvalue weighted by atomic mass is 9.68. The second-order valence-electron chi connectivity index (χ2n) is 6.88. The van der Waals surface area contributed by atoms with Crippen molar-refractivity contribution < 1.29 is 4.79 Å². The Hall–Kier alpha value is -1.51. The lowest BCUT2D eigenvalue weighted by molar-refractivity contribution is -0.141. The smallest absolute Gasteiger partial charge is 0.226 e. The summed E-state index contributed by atoms with van der Waals surface area (Å²) in [4.78, 5) is 14.9.